The molecular weight excluding hydrogens is 514 g/mol. The van der Waals surface area contributed by atoms with Gasteiger partial charge in [0.2, 0.25) is 5.91 Å². The maximum Gasteiger partial charge on any atom is 0.417 e. The molecule has 0 radical (unpaired) electrons. The molecule has 0 aliphatic carbocycles. The summed E-state index contributed by atoms with van der Waals surface area (Å²) in [5.41, 5.74) is -0.552. The average molecular weight is 533 g/mol. The van der Waals surface area contributed by atoms with Crippen molar-refractivity contribution in [2.24, 2.45) is 5.92 Å². The zero-order chi connectivity index (χ0) is 25.0. The van der Waals surface area contributed by atoms with Gasteiger partial charge in [-0.15, -0.1) is 0 Å². The molecule has 1 saturated heterocycles. The first-order valence-corrected chi connectivity index (χ1v) is 11.5. The Morgan fingerprint density at radius 2 is 1.68 bits per heavy atom. The third-order valence-corrected chi connectivity index (χ3v) is 7.16. The monoisotopic (exact) mass is 531 g/mol. The molecule has 10 heteroatoms. The first-order valence-electron chi connectivity index (χ1n) is 10.4. The van der Waals surface area contributed by atoms with Gasteiger partial charge in [-0.3, -0.25) is 9.59 Å². The van der Waals surface area contributed by atoms with Crippen molar-refractivity contribution >= 4 is 52.1 Å². The van der Waals surface area contributed by atoms with E-state index in [0.29, 0.717) is 24.7 Å². The summed E-state index contributed by atoms with van der Waals surface area (Å²) in [6.45, 7) is 4.66. The average Bonchev–Trinajstić information content (AvgIpc) is 3.11. The Morgan fingerprint density at radius 1 is 1.06 bits per heavy atom. The summed E-state index contributed by atoms with van der Waals surface area (Å²) in [6, 6.07) is 6.72. The van der Waals surface area contributed by atoms with Gasteiger partial charge in [-0.2, -0.15) is 13.2 Å². The molecule has 2 aromatic carbocycles. The lowest BCUT2D eigenvalue weighted by Gasteiger charge is -2.48. The zero-order valence-corrected chi connectivity index (χ0v) is 20.4. The Labute approximate surface area is 209 Å². The molecule has 4 rings (SSSR count). The number of fused-ring (bicyclic) bond motifs is 2. The minimum atomic E-state index is -4.83. The van der Waals surface area contributed by atoms with Gasteiger partial charge in [0.05, 0.1) is 40.3 Å². The van der Waals surface area contributed by atoms with Crippen LogP contribution in [0.1, 0.15) is 40.9 Å². The van der Waals surface area contributed by atoms with Crippen molar-refractivity contribution in [3.8, 4) is 0 Å². The second-order valence-corrected chi connectivity index (χ2v) is 9.87. The highest BCUT2D eigenvalue weighted by Crippen LogP contribution is 2.44. The fourth-order valence-corrected chi connectivity index (χ4v) is 4.81. The highest BCUT2D eigenvalue weighted by Gasteiger charge is 2.51. The number of benzene rings is 2. The van der Waals surface area contributed by atoms with Crippen molar-refractivity contribution in [1.82, 2.24) is 4.90 Å². The van der Waals surface area contributed by atoms with E-state index >= 15 is 0 Å². The number of rotatable bonds is 4. The molecule has 2 aliphatic heterocycles. The van der Waals surface area contributed by atoms with Crippen LogP contribution in [0, 0.1) is 5.92 Å². The smallest absolute Gasteiger partial charge is 0.362 e. The van der Waals surface area contributed by atoms with E-state index in [2.05, 4.69) is 0 Å². The van der Waals surface area contributed by atoms with E-state index in [9.17, 15) is 22.8 Å². The Hall–Kier alpha value is -2.06. The van der Waals surface area contributed by atoms with E-state index in [4.69, 9.17) is 39.5 Å². The van der Waals surface area contributed by atoms with Crippen molar-refractivity contribution < 1.29 is 27.5 Å². The first-order chi connectivity index (χ1) is 15.8. The summed E-state index contributed by atoms with van der Waals surface area (Å²) >= 11 is 17.6. The predicted octanol–water partition coefficient (Wildman–Crippen LogP) is 6.70. The number of carbonyl (C=O) groups is 2. The maximum absolute atomic E-state index is 13.8. The van der Waals surface area contributed by atoms with Gasteiger partial charge in [-0.05, 0) is 41.0 Å². The molecule has 1 amide bonds. The van der Waals surface area contributed by atoms with Crippen LogP contribution in [0.15, 0.2) is 36.4 Å². The summed E-state index contributed by atoms with van der Waals surface area (Å²) < 4.78 is 47.3. The van der Waals surface area contributed by atoms with Gasteiger partial charge in [-0.25, -0.2) is 0 Å². The molecule has 1 spiro atoms. The Kier molecular flexibility index (Phi) is 6.53. The SMILES string of the molecule is CC(C)C(=O)N1CC2(C1)OCc1cc(C(=O)/C=C(\c3cc(Cl)c(Cl)c(Cl)c3)C(F)(F)F)ccc12. The van der Waals surface area contributed by atoms with Gasteiger partial charge in [-0.1, -0.05) is 60.8 Å². The van der Waals surface area contributed by atoms with Gasteiger partial charge >= 0.3 is 6.18 Å². The normalized spacial score (nSPS) is 17.2. The van der Waals surface area contributed by atoms with Crippen molar-refractivity contribution in [2.45, 2.75) is 32.2 Å². The van der Waals surface area contributed by atoms with Crippen LogP contribution < -0.4 is 0 Å². The van der Waals surface area contributed by atoms with E-state index < -0.39 is 23.1 Å². The molecule has 180 valence electrons. The molecule has 0 atom stereocenters. The third-order valence-electron chi connectivity index (χ3n) is 5.96. The Bertz CT molecular complexity index is 1190. The van der Waals surface area contributed by atoms with Crippen LogP contribution in [-0.2, 0) is 21.7 Å². The van der Waals surface area contributed by atoms with Gasteiger partial charge < -0.3 is 9.64 Å². The van der Waals surface area contributed by atoms with Gasteiger partial charge in [0, 0.05) is 11.5 Å². The molecule has 0 saturated carbocycles. The number of ketones is 1. The molecule has 2 aromatic rings. The number of halogens is 6. The van der Waals surface area contributed by atoms with E-state index in [-0.39, 0.29) is 44.6 Å². The highest BCUT2D eigenvalue weighted by molar-refractivity contribution is 6.48. The second-order valence-electron chi connectivity index (χ2n) is 8.68. The largest absolute Gasteiger partial charge is 0.417 e. The van der Waals surface area contributed by atoms with Crippen molar-refractivity contribution in [3.63, 3.8) is 0 Å². The highest BCUT2D eigenvalue weighted by atomic mass is 35.5. The lowest BCUT2D eigenvalue weighted by molar-refractivity contribution is -0.171. The Morgan fingerprint density at radius 3 is 2.24 bits per heavy atom. The number of carbonyl (C=O) groups excluding carboxylic acids is 2. The molecule has 2 aliphatic rings. The molecular formula is C24H19Cl3F3NO3. The molecule has 4 nitrogen and oxygen atoms in total. The van der Waals surface area contributed by atoms with E-state index in [1.54, 1.807) is 11.0 Å². The van der Waals surface area contributed by atoms with Gasteiger partial charge in [0.1, 0.15) is 5.60 Å². The third kappa shape index (κ3) is 4.47. The van der Waals surface area contributed by atoms with E-state index in [1.807, 2.05) is 13.8 Å². The van der Waals surface area contributed by atoms with Crippen LogP contribution in [-0.4, -0.2) is 35.9 Å². The molecule has 2 heterocycles. The minimum Gasteiger partial charge on any atom is -0.362 e. The van der Waals surface area contributed by atoms with Crippen molar-refractivity contribution in [3.05, 3.63) is 73.7 Å². The summed E-state index contributed by atoms with van der Waals surface area (Å²) in [5.74, 6) is -0.927. The van der Waals surface area contributed by atoms with Gasteiger partial charge in [0.25, 0.3) is 0 Å². The quantitative estimate of drug-likeness (QED) is 0.250. The van der Waals surface area contributed by atoms with E-state index in [0.717, 1.165) is 17.7 Å². The lowest BCUT2D eigenvalue weighted by atomic mass is 9.84. The summed E-state index contributed by atoms with van der Waals surface area (Å²) in [7, 11) is 0. The standard InChI is InChI=1S/C24H19Cl3F3NO3/c1-12(2)22(33)31-10-23(11-31)16-4-3-13(5-15(16)9-34-23)20(32)8-17(24(28,29)30)14-6-18(25)21(27)19(26)7-14/h3-8,12H,9-11H2,1-2H3/b17-8+. The van der Waals surface area contributed by atoms with Crippen LogP contribution in [0.4, 0.5) is 13.2 Å². The number of amides is 1. The summed E-state index contributed by atoms with van der Waals surface area (Å²) in [4.78, 5) is 26.7. The number of ether oxygens (including phenoxy) is 1. The first kappa shape index (κ1) is 25.0. The molecule has 0 N–H and O–H groups in total. The number of hydrogen-bond donors (Lipinski definition) is 0. The number of allylic oxidation sites excluding steroid dienone is 2. The zero-order valence-electron chi connectivity index (χ0n) is 18.1. The fraction of sp³-hybridized carbons (Fsp3) is 0.333. The predicted molar refractivity (Wildman–Crippen MR) is 124 cm³/mol. The van der Waals surface area contributed by atoms with Crippen LogP contribution >= 0.6 is 34.8 Å². The second kappa shape index (κ2) is 8.86. The fourth-order valence-electron chi connectivity index (χ4n) is 4.21. The molecule has 1 fully saturated rings. The van der Waals surface area contributed by atoms with Crippen LogP contribution in [0.25, 0.3) is 5.57 Å². The Balaban J connectivity index is 1.62. The number of nitrogens with zero attached hydrogens (tertiary/aromatic N) is 1. The van der Waals surface area contributed by atoms with Crippen molar-refractivity contribution in [1.29, 1.82) is 0 Å². The number of alkyl halides is 3. The van der Waals surface area contributed by atoms with E-state index in [1.165, 1.54) is 12.1 Å². The molecule has 0 aromatic heterocycles. The molecule has 0 bridgehead atoms. The molecule has 0 unspecified atom stereocenters. The lowest BCUT2D eigenvalue weighted by Crippen LogP contribution is -2.61. The topological polar surface area (TPSA) is 46.6 Å². The number of likely N-dealkylation sites (tertiary alicyclic amines) is 1. The van der Waals surface area contributed by atoms with Gasteiger partial charge in [0.15, 0.2) is 5.78 Å². The molecule has 34 heavy (non-hydrogen) atoms. The minimum absolute atomic E-state index is 0.0293. The van der Waals surface area contributed by atoms with Crippen molar-refractivity contribution in [2.75, 3.05) is 13.1 Å². The summed E-state index contributed by atoms with van der Waals surface area (Å²) in [6.07, 6.45) is -4.31. The number of hydrogen-bond acceptors (Lipinski definition) is 3. The van der Waals surface area contributed by atoms with Crippen LogP contribution in [0.3, 0.4) is 0 Å². The maximum atomic E-state index is 13.8. The van der Waals surface area contributed by atoms with Crippen LogP contribution in [0.2, 0.25) is 15.1 Å². The summed E-state index contributed by atoms with van der Waals surface area (Å²) in [5, 5.41) is -0.383. The van der Waals surface area contributed by atoms with Crippen LogP contribution in [0.5, 0.6) is 0 Å².